The molecule has 0 saturated carbocycles. The van der Waals surface area contributed by atoms with Crippen molar-refractivity contribution in [2.45, 2.75) is 6.18 Å². The molecule has 100 valence electrons. The maximum absolute atomic E-state index is 12.8. The van der Waals surface area contributed by atoms with Gasteiger partial charge in [0.05, 0.1) is 17.2 Å². The highest BCUT2D eigenvalue weighted by atomic mass is 19.4. The van der Waals surface area contributed by atoms with Crippen LogP contribution in [0.2, 0.25) is 0 Å². The second-order valence-corrected chi connectivity index (χ2v) is 4.12. The first-order chi connectivity index (χ1) is 9.52. The van der Waals surface area contributed by atoms with Crippen LogP contribution in [0.4, 0.5) is 13.2 Å². The van der Waals surface area contributed by atoms with Crippen molar-refractivity contribution >= 4 is 12.2 Å². The highest BCUT2D eigenvalue weighted by Gasteiger charge is 2.32. The van der Waals surface area contributed by atoms with Crippen molar-refractivity contribution in [1.82, 2.24) is 0 Å². The predicted molar refractivity (Wildman–Crippen MR) is 71.5 cm³/mol. The molecule has 2 rings (SSSR count). The maximum atomic E-state index is 12.8. The molecule has 0 amide bonds. The Morgan fingerprint density at radius 1 is 0.850 bits per heavy atom. The zero-order valence-electron chi connectivity index (χ0n) is 10.4. The van der Waals surface area contributed by atoms with Crippen molar-refractivity contribution in [3.05, 3.63) is 70.8 Å². The van der Waals surface area contributed by atoms with E-state index >= 15 is 0 Å². The molecule has 0 saturated heterocycles. The molecule has 20 heavy (non-hydrogen) atoms. The molecule has 0 bridgehead atoms. The lowest BCUT2D eigenvalue weighted by atomic mass is 10.0. The lowest BCUT2D eigenvalue weighted by Gasteiger charge is -2.09. The lowest BCUT2D eigenvalue weighted by molar-refractivity contribution is -0.137. The number of nitrogens with zero attached hydrogens (tertiary/aromatic N) is 1. The molecule has 2 aromatic carbocycles. The van der Waals surface area contributed by atoms with Gasteiger partial charge in [0.15, 0.2) is 0 Å². The number of halogens is 3. The van der Waals surface area contributed by atoms with Crippen molar-refractivity contribution in [3.63, 3.8) is 0 Å². The van der Waals surface area contributed by atoms with E-state index in [2.05, 4.69) is 0 Å². The van der Waals surface area contributed by atoms with Gasteiger partial charge >= 0.3 is 6.18 Å². The van der Waals surface area contributed by atoms with Crippen molar-refractivity contribution in [2.75, 3.05) is 0 Å². The van der Waals surface area contributed by atoms with Crippen molar-refractivity contribution < 1.29 is 13.2 Å². The summed E-state index contributed by atoms with van der Waals surface area (Å²) >= 11 is 0. The molecule has 1 nitrogen and oxygen atoms in total. The van der Waals surface area contributed by atoms with Crippen LogP contribution in [0.5, 0.6) is 0 Å². The number of hydrogen-bond donors (Lipinski definition) is 0. The third-order valence-electron chi connectivity index (χ3n) is 2.79. The third-order valence-corrected chi connectivity index (χ3v) is 2.79. The van der Waals surface area contributed by atoms with Crippen molar-refractivity contribution in [1.29, 1.82) is 5.26 Å². The number of benzene rings is 2. The van der Waals surface area contributed by atoms with Crippen molar-refractivity contribution in [3.8, 4) is 6.07 Å². The Morgan fingerprint density at radius 2 is 1.40 bits per heavy atom. The van der Waals surface area contributed by atoms with E-state index in [1.165, 1.54) is 24.3 Å². The maximum Gasteiger partial charge on any atom is 0.416 e. The van der Waals surface area contributed by atoms with Gasteiger partial charge in [-0.3, -0.25) is 0 Å². The topological polar surface area (TPSA) is 23.8 Å². The summed E-state index contributed by atoms with van der Waals surface area (Å²) in [5, 5.41) is 8.94. The van der Waals surface area contributed by atoms with E-state index in [1.807, 2.05) is 6.07 Å². The Labute approximate surface area is 114 Å². The molecule has 0 radical (unpaired) electrons. The average molecular weight is 273 g/mol. The van der Waals surface area contributed by atoms with E-state index < -0.39 is 11.7 Å². The normalized spacial score (nSPS) is 11.5. The predicted octanol–water partition coefficient (Wildman–Crippen LogP) is 4.75. The van der Waals surface area contributed by atoms with Crippen LogP contribution in [-0.4, -0.2) is 0 Å². The van der Waals surface area contributed by atoms with Crippen LogP contribution in [-0.2, 0) is 6.18 Å². The Hall–Kier alpha value is -2.54. The van der Waals surface area contributed by atoms with Gasteiger partial charge in [-0.1, -0.05) is 48.6 Å². The number of nitriles is 1. The number of hydrogen-bond acceptors (Lipinski definition) is 1. The molecule has 0 spiro atoms. The SMILES string of the molecule is N#Cc1ccccc1/C=C/c1ccccc1C(F)(F)F. The lowest BCUT2D eigenvalue weighted by Crippen LogP contribution is -2.06. The van der Waals surface area contributed by atoms with Gasteiger partial charge in [0, 0.05) is 0 Å². The zero-order valence-corrected chi connectivity index (χ0v) is 10.4. The fourth-order valence-electron chi connectivity index (χ4n) is 1.82. The smallest absolute Gasteiger partial charge is 0.192 e. The summed E-state index contributed by atoms with van der Waals surface area (Å²) < 4.78 is 38.5. The number of rotatable bonds is 2. The summed E-state index contributed by atoms with van der Waals surface area (Å²) in [6, 6.07) is 14.1. The van der Waals surface area contributed by atoms with E-state index in [-0.39, 0.29) is 5.56 Å². The first kappa shape index (κ1) is 13.9. The second-order valence-electron chi connectivity index (χ2n) is 4.12. The molecule has 0 heterocycles. The molecule has 0 aliphatic rings. The molecule has 2 aromatic rings. The van der Waals surface area contributed by atoms with Gasteiger partial charge in [-0.15, -0.1) is 0 Å². The Bertz CT molecular complexity index is 679. The summed E-state index contributed by atoms with van der Waals surface area (Å²) in [4.78, 5) is 0. The summed E-state index contributed by atoms with van der Waals surface area (Å²) in [5.74, 6) is 0. The third kappa shape index (κ3) is 3.07. The standard InChI is InChI=1S/C16H10F3N/c17-16(18,19)15-8-4-3-6-13(15)10-9-12-5-1-2-7-14(12)11-20/h1-10H/b10-9+. The van der Waals surface area contributed by atoms with Gasteiger partial charge in [-0.2, -0.15) is 18.4 Å². The fraction of sp³-hybridized carbons (Fsp3) is 0.0625. The summed E-state index contributed by atoms with van der Waals surface area (Å²) in [5.41, 5.74) is 0.402. The first-order valence-corrected chi connectivity index (χ1v) is 5.86. The highest BCUT2D eigenvalue weighted by molar-refractivity contribution is 5.73. The molecular weight excluding hydrogens is 263 g/mol. The van der Waals surface area contributed by atoms with Crippen molar-refractivity contribution in [2.24, 2.45) is 0 Å². The molecule has 0 N–H and O–H groups in total. The Kier molecular flexibility index (Phi) is 3.90. The number of alkyl halides is 3. The molecule has 0 aliphatic carbocycles. The minimum absolute atomic E-state index is 0.0766. The first-order valence-electron chi connectivity index (χ1n) is 5.86. The van der Waals surface area contributed by atoms with Gasteiger partial charge in [0.25, 0.3) is 0 Å². The van der Waals surface area contributed by atoms with Crippen LogP contribution < -0.4 is 0 Å². The van der Waals surface area contributed by atoms with Crippen LogP contribution in [0.25, 0.3) is 12.2 Å². The Balaban J connectivity index is 2.41. The minimum Gasteiger partial charge on any atom is -0.192 e. The van der Waals surface area contributed by atoms with Crippen LogP contribution >= 0.6 is 0 Å². The molecule has 4 heteroatoms. The van der Waals surface area contributed by atoms with Crippen LogP contribution in [0.3, 0.4) is 0 Å². The molecule has 0 aromatic heterocycles. The molecule has 0 atom stereocenters. The van der Waals surface area contributed by atoms with E-state index in [9.17, 15) is 13.2 Å². The van der Waals surface area contributed by atoms with Crippen LogP contribution in [0, 0.1) is 11.3 Å². The molecule has 0 aliphatic heterocycles. The minimum atomic E-state index is -4.39. The monoisotopic (exact) mass is 273 g/mol. The van der Waals surface area contributed by atoms with E-state index in [4.69, 9.17) is 5.26 Å². The quantitative estimate of drug-likeness (QED) is 0.724. The summed E-state index contributed by atoms with van der Waals surface area (Å²) in [7, 11) is 0. The van der Waals surface area contributed by atoms with E-state index in [0.717, 1.165) is 6.07 Å². The second kappa shape index (κ2) is 5.62. The van der Waals surface area contributed by atoms with Crippen LogP contribution in [0.15, 0.2) is 48.5 Å². The highest BCUT2D eigenvalue weighted by Crippen LogP contribution is 2.32. The van der Waals surface area contributed by atoms with Gasteiger partial charge in [0.2, 0.25) is 0 Å². The van der Waals surface area contributed by atoms with Gasteiger partial charge < -0.3 is 0 Å². The van der Waals surface area contributed by atoms with E-state index in [0.29, 0.717) is 11.1 Å². The van der Waals surface area contributed by atoms with Crippen LogP contribution in [0.1, 0.15) is 22.3 Å². The zero-order chi connectivity index (χ0) is 14.6. The van der Waals surface area contributed by atoms with Gasteiger partial charge in [0.1, 0.15) is 0 Å². The summed E-state index contributed by atoms with van der Waals surface area (Å²) in [6.07, 6.45) is -1.50. The molecule has 0 fully saturated rings. The average Bonchev–Trinajstić information content (AvgIpc) is 2.44. The fourth-order valence-corrected chi connectivity index (χ4v) is 1.82. The largest absolute Gasteiger partial charge is 0.416 e. The van der Waals surface area contributed by atoms with Gasteiger partial charge in [-0.05, 0) is 23.3 Å². The molecular formula is C16H10F3N. The van der Waals surface area contributed by atoms with E-state index in [1.54, 1.807) is 30.3 Å². The molecule has 0 unspecified atom stereocenters. The summed E-state index contributed by atoms with van der Waals surface area (Å²) in [6.45, 7) is 0. The van der Waals surface area contributed by atoms with Gasteiger partial charge in [-0.25, -0.2) is 0 Å². The Morgan fingerprint density at radius 3 is 2.05 bits per heavy atom.